The molecule has 3 nitrogen and oxygen atoms in total. The zero-order chi connectivity index (χ0) is 11.5. The van der Waals surface area contributed by atoms with Gasteiger partial charge in [-0.25, -0.2) is 0 Å². The van der Waals surface area contributed by atoms with Crippen molar-refractivity contribution >= 4 is 45.7 Å². The maximum atomic E-state index is 11.2. The summed E-state index contributed by atoms with van der Waals surface area (Å²) in [7, 11) is 0. The molecule has 0 bridgehead atoms. The van der Waals surface area contributed by atoms with E-state index in [4.69, 9.17) is 23.2 Å². The second-order valence-corrected chi connectivity index (χ2v) is 3.85. The molecule has 1 heterocycles. The summed E-state index contributed by atoms with van der Waals surface area (Å²) in [6.07, 6.45) is 1.65. The first-order valence-corrected chi connectivity index (χ1v) is 5.52. The van der Waals surface area contributed by atoms with Gasteiger partial charge >= 0.3 is 0 Å². The average molecular weight is 255 g/mol. The summed E-state index contributed by atoms with van der Waals surface area (Å²) < 4.78 is 0. The van der Waals surface area contributed by atoms with Gasteiger partial charge in [0.2, 0.25) is 5.91 Å². The molecule has 0 spiro atoms. The number of pyridine rings is 1. The van der Waals surface area contributed by atoms with Crippen LogP contribution in [-0.2, 0) is 4.79 Å². The first kappa shape index (κ1) is 11.2. The van der Waals surface area contributed by atoms with Crippen molar-refractivity contribution in [2.75, 3.05) is 11.2 Å². The molecule has 16 heavy (non-hydrogen) atoms. The van der Waals surface area contributed by atoms with Crippen LogP contribution in [0.25, 0.3) is 10.9 Å². The van der Waals surface area contributed by atoms with Crippen LogP contribution in [0.5, 0.6) is 0 Å². The highest BCUT2D eigenvalue weighted by Crippen LogP contribution is 2.27. The number of aromatic nitrogens is 1. The number of nitrogens with one attached hydrogen (secondary N) is 1. The van der Waals surface area contributed by atoms with E-state index in [0.29, 0.717) is 16.2 Å². The Hall–Kier alpha value is -1.32. The van der Waals surface area contributed by atoms with Crippen molar-refractivity contribution in [2.45, 2.75) is 0 Å². The predicted octanol–water partition coefficient (Wildman–Crippen LogP) is 3.07. The predicted molar refractivity (Wildman–Crippen MR) is 66.1 cm³/mol. The molecule has 0 unspecified atom stereocenters. The molecule has 0 saturated heterocycles. The summed E-state index contributed by atoms with van der Waals surface area (Å²) in [5.41, 5.74) is 1.33. The van der Waals surface area contributed by atoms with E-state index in [0.717, 1.165) is 5.39 Å². The molecule has 2 rings (SSSR count). The smallest absolute Gasteiger partial charge is 0.239 e. The molecule has 0 aliphatic heterocycles. The minimum atomic E-state index is -0.255. The molecule has 1 N–H and O–H groups in total. The SMILES string of the molecule is O=C(CCl)Nc1ccc(Cl)c2ncccc12. The van der Waals surface area contributed by atoms with E-state index >= 15 is 0 Å². The molecule has 0 radical (unpaired) electrons. The maximum absolute atomic E-state index is 11.2. The molecule has 5 heteroatoms. The van der Waals surface area contributed by atoms with Gasteiger partial charge in [-0.05, 0) is 24.3 Å². The van der Waals surface area contributed by atoms with Crippen LogP contribution in [0.1, 0.15) is 0 Å². The van der Waals surface area contributed by atoms with Gasteiger partial charge in [0.05, 0.1) is 16.2 Å². The molecular weight excluding hydrogens is 247 g/mol. The zero-order valence-electron chi connectivity index (χ0n) is 8.21. The molecule has 82 valence electrons. The highest BCUT2D eigenvalue weighted by molar-refractivity contribution is 6.35. The fourth-order valence-corrected chi connectivity index (χ4v) is 1.71. The summed E-state index contributed by atoms with van der Waals surface area (Å²) in [5.74, 6) is -0.334. The second-order valence-electron chi connectivity index (χ2n) is 3.18. The van der Waals surface area contributed by atoms with Crippen molar-refractivity contribution in [3.8, 4) is 0 Å². The number of benzene rings is 1. The molecule has 0 fully saturated rings. The van der Waals surface area contributed by atoms with Crippen molar-refractivity contribution in [1.82, 2.24) is 4.98 Å². The Balaban J connectivity index is 2.54. The van der Waals surface area contributed by atoms with E-state index in [1.165, 1.54) is 0 Å². The first-order valence-electron chi connectivity index (χ1n) is 4.61. The van der Waals surface area contributed by atoms with Crippen LogP contribution in [0.4, 0.5) is 5.69 Å². The fourth-order valence-electron chi connectivity index (χ4n) is 1.43. The number of halogens is 2. The van der Waals surface area contributed by atoms with E-state index in [1.807, 2.05) is 6.07 Å². The van der Waals surface area contributed by atoms with Gasteiger partial charge in [-0.15, -0.1) is 11.6 Å². The maximum Gasteiger partial charge on any atom is 0.239 e. The van der Waals surface area contributed by atoms with E-state index in [9.17, 15) is 4.79 Å². The second kappa shape index (κ2) is 4.68. The first-order chi connectivity index (χ1) is 7.72. The number of carbonyl (C=O) groups excluding carboxylic acids is 1. The topological polar surface area (TPSA) is 42.0 Å². The van der Waals surface area contributed by atoms with Crippen molar-refractivity contribution in [3.63, 3.8) is 0 Å². The van der Waals surface area contributed by atoms with E-state index in [-0.39, 0.29) is 11.8 Å². The zero-order valence-corrected chi connectivity index (χ0v) is 9.72. The van der Waals surface area contributed by atoms with Gasteiger partial charge in [-0.1, -0.05) is 11.6 Å². The Morgan fingerprint density at radius 2 is 2.19 bits per heavy atom. The Morgan fingerprint density at radius 1 is 1.38 bits per heavy atom. The number of amides is 1. The van der Waals surface area contributed by atoms with E-state index in [2.05, 4.69) is 10.3 Å². The monoisotopic (exact) mass is 254 g/mol. The number of carbonyl (C=O) groups is 1. The highest BCUT2D eigenvalue weighted by Gasteiger charge is 2.07. The Morgan fingerprint density at radius 3 is 2.94 bits per heavy atom. The highest BCUT2D eigenvalue weighted by atomic mass is 35.5. The number of rotatable bonds is 2. The van der Waals surface area contributed by atoms with Crippen LogP contribution >= 0.6 is 23.2 Å². The third-order valence-corrected chi connectivity index (χ3v) is 2.66. The van der Waals surface area contributed by atoms with Crippen LogP contribution in [-0.4, -0.2) is 16.8 Å². The Kier molecular flexibility index (Phi) is 3.27. The standard InChI is InChI=1S/C11H8Cl2N2O/c12-6-10(16)15-9-4-3-8(13)11-7(9)2-1-5-14-11/h1-5H,6H2,(H,15,16). The van der Waals surface area contributed by atoms with Crippen LogP contribution in [0.3, 0.4) is 0 Å². The third kappa shape index (κ3) is 2.10. The van der Waals surface area contributed by atoms with E-state index < -0.39 is 0 Å². The van der Waals surface area contributed by atoms with E-state index in [1.54, 1.807) is 24.4 Å². The van der Waals surface area contributed by atoms with Gasteiger partial charge in [0.15, 0.2) is 0 Å². The van der Waals surface area contributed by atoms with Crippen LogP contribution in [0.15, 0.2) is 30.5 Å². The molecule has 0 atom stereocenters. The van der Waals surface area contributed by atoms with Crippen molar-refractivity contribution in [1.29, 1.82) is 0 Å². The van der Waals surface area contributed by atoms with Crippen LogP contribution in [0, 0.1) is 0 Å². The summed E-state index contributed by atoms with van der Waals surface area (Å²) in [4.78, 5) is 15.4. The fraction of sp³-hybridized carbons (Fsp3) is 0.0909. The lowest BCUT2D eigenvalue weighted by molar-refractivity contribution is -0.113. The van der Waals surface area contributed by atoms with Gasteiger partial charge in [0, 0.05) is 11.6 Å². The molecule has 0 saturated carbocycles. The number of hydrogen-bond donors (Lipinski definition) is 1. The lowest BCUT2D eigenvalue weighted by Gasteiger charge is -2.07. The number of nitrogens with zero attached hydrogens (tertiary/aromatic N) is 1. The van der Waals surface area contributed by atoms with Crippen molar-refractivity contribution in [2.24, 2.45) is 0 Å². The van der Waals surface area contributed by atoms with Gasteiger partial charge < -0.3 is 5.32 Å². The summed E-state index contributed by atoms with van der Waals surface area (Å²) in [5, 5.41) is 4.05. The largest absolute Gasteiger partial charge is 0.324 e. The molecule has 1 amide bonds. The van der Waals surface area contributed by atoms with Gasteiger partial charge in [0.1, 0.15) is 5.88 Å². The summed E-state index contributed by atoms with van der Waals surface area (Å²) in [6, 6.07) is 7.06. The summed E-state index contributed by atoms with van der Waals surface area (Å²) in [6.45, 7) is 0. The van der Waals surface area contributed by atoms with Crippen molar-refractivity contribution in [3.05, 3.63) is 35.5 Å². The lowest BCUT2D eigenvalue weighted by Crippen LogP contribution is -2.12. The Labute approximate surface area is 102 Å². The Bertz CT molecular complexity index is 542. The molecule has 1 aromatic carbocycles. The quantitative estimate of drug-likeness (QED) is 0.838. The molecular formula is C11H8Cl2N2O. The number of alkyl halides is 1. The number of anilines is 1. The average Bonchev–Trinajstić information content (AvgIpc) is 2.33. The number of fused-ring (bicyclic) bond motifs is 1. The molecule has 1 aromatic heterocycles. The lowest BCUT2D eigenvalue weighted by atomic mass is 10.2. The van der Waals surface area contributed by atoms with Gasteiger partial charge in [-0.3, -0.25) is 9.78 Å². The molecule has 0 aliphatic rings. The number of hydrogen-bond acceptors (Lipinski definition) is 2. The van der Waals surface area contributed by atoms with Gasteiger partial charge in [-0.2, -0.15) is 0 Å². The van der Waals surface area contributed by atoms with Crippen molar-refractivity contribution < 1.29 is 4.79 Å². The van der Waals surface area contributed by atoms with Crippen LogP contribution in [0.2, 0.25) is 5.02 Å². The summed E-state index contributed by atoms with van der Waals surface area (Å²) >= 11 is 11.4. The minimum absolute atomic E-state index is 0.0790. The third-order valence-electron chi connectivity index (χ3n) is 2.12. The normalized spacial score (nSPS) is 10.4. The molecule has 2 aromatic rings. The minimum Gasteiger partial charge on any atom is -0.324 e. The van der Waals surface area contributed by atoms with Crippen LogP contribution < -0.4 is 5.32 Å². The van der Waals surface area contributed by atoms with Gasteiger partial charge in [0.25, 0.3) is 0 Å². The molecule has 0 aliphatic carbocycles.